The van der Waals surface area contributed by atoms with E-state index in [0.717, 1.165) is 44.0 Å². The number of rotatable bonds is 4. The van der Waals surface area contributed by atoms with Crippen molar-refractivity contribution in [2.45, 2.75) is 13.5 Å². The molecule has 1 heterocycles. The summed E-state index contributed by atoms with van der Waals surface area (Å²) in [6.45, 7) is 6.60. The predicted octanol–water partition coefficient (Wildman–Crippen LogP) is 1.54. The molecule has 1 aliphatic heterocycles. The Morgan fingerprint density at radius 2 is 1.83 bits per heavy atom. The highest BCUT2D eigenvalue weighted by Crippen LogP contribution is 2.20. The topological polar surface area (TPSA) is 34.0 Å². The van der Waals surface area contributed by atoms with Crippen molar-refractivity contribution in [2.24, 2.45) is 0 Å². The Balaban J connectivity index is 1.59. The van der Waals surface area contributed by atoms with Crippen LogP contribution in [0.2, 0.25) is 0 Å². The van der Waals surface area contributed by atoms with Crippen LogP contribution in [0, 0.1) is 6.92 Å². The number of methoxy groups -OCH3 is 1. The largest absolute Gasteiger partial charge is 0.496 e. The van der Waals surface area contributed by atoms with Crippen LogP contribution in [0.4, 0.5) is 0 Å². The smallest absolute Gasteiger partial charge is 0.254 e. The van der Waals surface area contributed by atoms with Crippen LogP contribution in [0.3, 0.4) is 0 Å². The van der Waals surface area contributed by atoms with Gasteiger partial charge in [-0.15, -0.1) is 0 Å². The molecule has 4 heteroatoms. The van der Waals surface area contributed by atoms with Crippen molar-refractivity contribution in [3.05, 3.63) is 65.2 Å². The van der Waals surface area contributed by atoms with Gasteiger partial charge < -0.3 is 14.5 Å². The number of piperazine rings is 1. The van der Waals surface area contributed by atoms with Gasteiger partial charge in [0, 0.05) is 11.1 Å². The molecule has 0 aliphatic carbocycles. The lowest BCUT2D eigenvalue weighted by atomic mass is 10.1. The summed E-state index contributed by atoms with van der Waals surface area (Å²) in [6, 6.07) is 16.2. The molecule has 1 saturated heterocycles. The van der Waals surface area contributed by atoms with E-state index in [0.29, 0.717) is 5.56 Å². The number of carbonyl (C=O) groups is 1. The molecule has 0 radical (unpaired) electrons. The third-order valence-corrected chi connectivity index (χ3v) is 4.71. The summed E-state index contributed by atoms with van der Waals surface area (Å²) in [4.78, 5) is 16.2. The molecule has 0 unspecified atom stereocenters. The molecular formula is C20H25N2O2+. The molecule has 1 amide bonds. The number of quaternary nitrogens is 1. The SMILES string of the molecule is COc1cc(C(=O)N2CC[NH+](Cc3ccccc3)CC2)ccc1C. The van der Waals surface area contributed by atoms with Gasteiger partial charge in [-0.05, 0) is 24.6 Å². The summed E-state index contributed by atoms with van der Waals surface area (Å²) in [5.41, 5.74) is 3.12. The fourth-order valence-corrected chi connectivity index (χ4v) is 3.22. The fourth-order valence-electron chi connectivity index (χ4n) is 3.22. The Morgan fingerprint density at radius 3 is 2.50 bits per heavy atom. The Bertz CT molecular complexity index is 692. The van der Waals surface area contributed by atoms with E-state index in [1.54, 1.807) is 7.11 Å². The van der Waals surface area contributed by atoms with Gasteiger partial charge in [-0.1, -0.05) is 36.4 Å². The highest BCUT2D eigenvalue weighted by atomic mass is 16.5. The van der Waals surface area contributed by atoms with Crippen LogP contribution < -0.4 is 9.64 Å². The average Bonchev–Trinajstić information content (AvgIpc) is 2.63. The number of hydrogen-bond donors (Lipinski definition) is 1. The van der Waals surface area contributed by atoms with Gasteiger partial charge >= 0.3 is 0 Å². The van der Waals surface area contributed by atoms with Gasteiger partial charge in [0.2, 0.25) is 0 Å². The molecule has 3 rings (SSSR count). The van der Waals surface area contributed by atoms with Crippen molar-refractivity contribution >= 4 is 5.91 Å². The molecule has 0 spiro atoms. The summed E-state index contributed by atoms with van der Waals surface area (Å²) in [7, 11) is 1.64. The number of nitrogens with one attached hydrogen (secondary N) is 1. The molecule has 24 heavy (non-hydrogen) atoms. The summed E-state index contributed by atoms with van der Waals surface area (Å²) in [5, 5.41) is 0. The molecule has 4 nitrogen and oxygen atoms in total. The van der Waals surface area contributed by atoms with Gasteiger partial charge in [-0.2, -0.15) is 0 Å². The molecule has 2 aromatic carbocycles. The number of benzene rings is 2. The van der Waals surface area contributed by atoms with Gasteiger partial charge in [-0.25, -0.2) is 0 Å². The number of amides is 1. The lowest BCUT2D eigenvalue weighted by molar-refractivity contribution is -0.917. The fraction of sp³-hybridized carbons (Fsp3) is 0.350. The van der Waals surface area contributed by atoms with Crippen molar-refractivity contribution in [3.63, 3.8) is 0 Å². The van der Waals surface area contributed by atoms with Crippen LogP contribution in [-0.2, 0) is 6.54 Å². The second-order valence-corrected chi connectivity index (χ2v) is 6.39. The molecule has 1 fully saturated rings. The van der Waals surface area contributed by atoms with Crippen molar-refractivity contribution in [1.82, 2.24) is 4.90 Å². The van der Waals surface area contributed by atoms with Crippen molar-refractivity contribution in [3.8, 4) is 5.75 Å². The van der Waals surface area contributed by atoms with Crippen LogP contribution >= 0.6 is 0 Å². The molecule has 0 saturated carbocycles. The van der Waals surface area contributed by atoms with Gasteiger partial charge in [0.15, 0.2) is 0 Å². The van der Waals surface area contributed by atoms with E-state index in [4.69, 9.17) is 4.74 Å². The van der Waals surface area contributed by atoms with E-state index in [1.807, 2.05) is 36.1 Å². The second-order valence-electron chi connectivity index (χ2n) is 6.39. The maximum absolute atomic E-state index is 12.7. The van der Waals surface area contributed by atoms with Crippen molar-refractivity contribution in [1.29, 1.82) is 0 Å². The average molecular weight is 325 g/mol. The minimum absolute atomic E-state index is 0.104. The number of carbonyl (C=O) groups excluding carboxylic acids is 1. The first kappa shape index (κ1) is 16.5. The molecule has 0 bridgehead atoms. The van der Waals surface area contributed by atoms with Crippen molar-refractivity contribution in [2.75, 3.05) is 33.3 Å². The number of ether oxygens (including phenoxy) is 1. The van der Waals surface area contributed by atoms with Crippen LogP contribution in [0.25, 0.3) is 0 Å². The van der Waals surface area contributed by atoms with E-state index >= 15 is 0 Å². The Morgan fingerprint density at radius 1 is 1.12 bits per heavy atom. The Hall–Kier alpha value is -2.33. The summed E-state index contributed by atoms with van der Waals surface area (Å²) in [5.74, 6) is 0.876. The van der Waals surface area contributed by atoms with E-state index in [-0.39, 0.29) is 5.91 Å². The third-order valence-electron chi connectivity index (χ3n) is 4.71. The first-order valence-corrected chi connectivity index (χ1v) is 8.49. The number of hydrogen-bond acceptors (Lipinski definition) is 2. The van der Waals surface area contributed by atoms with Gasteiger partial charge in [0.1, 0.15) is 12.3 Å². The standard InChI is InChI=1S/C20H24N2O2/c1-16-8-9-18(14-19(16)24-2)20(23)22-12-10-21(11-13-22)15-17-6-4-3-5-7-17/h3-9,14H,10-13,15H2,1-2H3/p+1. The van der Waals surface area contributed by atoms with Crippen LogP contribution in [-0.4, -0.2) is 44.1 Å². The van der Waals surface area contributed by atoms with Crippen LogP contribution in [0.5, 0.6) is 5.75 Å². The lowest BCUT2D eigenvalue weighted by Gasteiger charge is -2.32. The second kappa shape index (κ2) is 7.49. The van der Waals surface area contributed by atoms with Crippen molar-refractivity contribution < 1.29 is 14.4 Å². The first-order chi connectivity index (χ1) is 11.7. The zero-order valence-corrected chi connectivity index (χ0v) is 14.4. The highest BCUT2D eigenvalue weighted by molar-refractivity contribution is 5.94. The van der Waals surface area contributed by atoms with Crippen LogP contribution in [0.15, 0.2) is 48.5 Å². The number of nitrogens with zero attached hydrogens (tertiary/aromatic N) is 1. The Kier molecular flexibility index (Phi) is 5.16. The molecule has 1 aliphatic rings. The summed E-state index contributed by atoms with van der Waals surface area (Å²) >= 11 is 0. The summed E-state index contributed by atoms with van der Waals surface area (Å²) in [6.07, 6.45) is 0. The van der Waals surface area contributed by atoms with Crippen LogP contribution in [0.1, 0.15) is 21.5 Å². The quantitative estimate of drug-likeness (QED) is 0.925. The molecular weight excluding hydrogens is 300 g/mol. The van der Waals surface area contributed by atoms with E-state index < -0.39 is 0 Å². The van der Waals surface area contributed by atoms with Gasteiger partial charge in [-0.3, -0.25) is 4.79 Å². The molecule has 1 N–H and O–H groups in total. The van der Waals surface area contributed by atoms with E-state index in [9.17, 15) is 4.79 Å². The normalized spacial score (nSPS) is 15.3. The minimum Gasteiger partial charge on any atom is -0.496 e. The lowest BCUT2D eigenvalue weighted by Crippen LogP contribution is -3.13. The first-order valence-electron chi connectivity index (χ1n) is 8.49. The minimum atomic E-state index is 0.104. The molecule has 126 valence electrons. The third kappa shape index (κ3) is 3.77. The summed E-state index contributed by atoms with van der Waals surface area (Å²) < 4.78 is 5.33. The van der Waals surface area contributed by atoms with Gasteiger partial charge in [0.25, 0.3) is 5.91 Å². The Labute approximate surface area is 143 Å². The number of aryl methyl sites for hydroxylation is 1. The van der Waals surface area contributed by atoms with Gasteiger partial charge in [0.05, 0.1) is 33.3 Å². The van der Waals surface area contributed by atoms with E-state index in [1.165, 1.54) is 10.5 Å². The molecule has 0 aromatic heterocycles. The maximum Gasteiger partial charge on any atom is 0.254 e. The zero-order chi connectivity index (χ0) is 16.9. The molecule has 2 aromatic rings. The van der Waals surface area contributed by atoms with E-state index in [2.05, 4.69) is 24.3 Å². The molecule has 0 atom stereocenters. The zero-order valence-electron chi connectivity index (χ0n) is 14.4. The monoisotopic (exact) mass is 325 g/mol. The maximum atomic E-state index is 12.7. The predicted molar refractivity (Wildman–Crippen MR) is 94.5 cm³/mol. The highest BCUT2D eigenvalue weighted by Gasteiger charge is 2.24.